The van der Waals surface area contributed by atoms with Crippen molar-refractivity contribution in [2.24, 2.45) is 0 Å². The first kappa shape index (κ1) is 32.6. The predicted octanol–water partition coefficient (Wildman–Crippen LogP) is 6.05. The van der Waals surface area contributed by atoms with Gasteiger partial charge in [0.05, 0.1) is 52.0 Å². The summed E-state index contributed by atoms with van der Waals surface area (Å²) in [6, 6.07) is 1.11. The minimum Gasteiger partial charge on any atom is -0.489 e. The van der Waals surface area contributed by atoms with E-state index in [1.807, 2.05) is 6.92 Å². The highest BCUT2D eigenvalue weighted by Gasteiger charge is 2.44. The van der Waals surface area contributed by atoms with Crippen LogP contribution >= 0.6 is 11.6 Å². The van der Waals surface area contributed by atoms with E-state index in [-0.39, 0.29) is 48.1 Å². The minimum absolute atomic E-state index is 0.0384. The van der Waals surface area contributed by atoms with Crippen molar-refractivity contribution in [3.8, 4) is 23.0 Å². The van der Waals surface area contributed by atoms with Gasteiger partial charge in [-0.05, 0) is 44.2 Å². The number of ether oxygens (including phenoxy) is 2. The van der Waals surface area contributed by atoms with Crippen molar-refractivity contribution in [3.63, 3.8) is 0 Å². The monoisotopic (exact) mass is 682 g/mol. The Hall–Kier alpha value is -4.31. The van der Waals surface area contributed by atoms with Crippen molar-refractivity contribution in [2.75, 3.05) is 49.7 Å². The first-order chi connectivity index (χ1) is 22.1. The zero-order chi connectivity index (χ0) is 34.0. The standard InChI is InChI=1S/C30H29ClF6N8O2/c1-13-6-18(39)41-24(21(13)30(35,36)37)19-22(31)26-20-25(23(19)32)42-28(47-11-17-8-29(33,34)12-44(17)3)43-27(20)45(4-5-46-26)14(2)15-7-16(38)10-40-9-15/h6-7,9-10,14,17H,4-5,8,11-12,38H2,1-3H3,(H2,39,41)/t14-,17-/m0/s1. The van der Waals surface area contributed by atoms with E-state index in [0.717, 1.165) is 6.07 Å². The number of nitrogens with zero attached hydrogens (tertiary/aromatic N) is 6. The minimum atomic E-state index is -4.96. The lowest BCUT2D eigenvalue weighted by atomic mass is 9.98. The highest BCUT2D eigenvalue weighted by molar-refractivity contribution is 6.36. The van der Waals surface area contributed by atoms with Crippen LogP contribution in [0.4, 0.5) is 43.7 Å². The highest BCUT2D eigenvalue weighted by Crippen LogP contribution is 2.50. The van der Waals surface area contributed by atoms with Crippen molar-refractivity contribution in [3.05, 3.63) is 52.1 Å². The van der Waals surface area contributed by atoms with Crippen molar-refractivity contribution in [1.82, 2.24) is 24.8 Å². The van der Waals surface area contributed by atoms with Gasteiger partial charge in [0, 0.05) is 24.9 Å². The maximum absolute atomic E-state index is 16.8. The molecule has 1 aromatic carbocycles. The lowest BCUT2D eigenvalue weighted by molar-refractivity contribution is -0.137. The average molecular weight is 683 g/mol. The molecule has 10 nitrogen and oxygen atoms in total. The van der Waals surface area contributed by atoms with Gasteiger partial charge in [0.25, 0.3) is 5.92 Å². The Balaban J connectivity index is 1.59. The third kappa shape index (κ3) is 5.99. The zero-order valence-electron chi connectivity index (χ0n) is 25.3. The molecule has 0 aliphatic carbocycles. The fourth-order valence-corrected chi connectivity index (χ4v) is 6.44. The summed E-state index contributed by atoms with van der Waals surface area (Å²) in [7, 11) is 1.52. The van der Waals surface area contributed by atoms with Crippen LogP contribution in [0, 0.1) is 12.7 Å². The summed E-state index contributed by atoms with van der Waals surface area (Å²) in [5.74, 6) is -4.59. The van der Waals surface area contributed by atoms with Crippen molar-refractivity contribution < 1.29 is 35.8 Å². The number of nitrogen functional groups attached to an aromatic ring is 2. The summed E-state index contributed by atoms with van der Waals surface area (Å²) >= 11 is 6.71. The SMILES string of the molecule is Cc1cc(N)nc(-c2c(Cl)c3c4c(nc(OC[C@@H]5CC(F)(F)CN5C)nc4c2F)N([C@@H](C)c2cncc(N)c2)CCO3)c1C(F)(F)F. The van der Waals surface area contributed by atoms with Gasteiger partial charge in [0.1, 0.15) is 30.4 Å². The van der Waals surface area contributed by atoms with E-state index in [1.54, 1.807) is 17.2 Å². The molecule has 0 amide bonds. The van der Waals surface area contributed by atoms with Gasteiger partial charge >= 0.3 is 12.2 Å². The van der Waals surface area contributed by atoms with Crippen LogP contribution in [0.2, 0.25) is 5.02 Å². The van der Waals surface area contributed by atoms with E-state index >= 15 is 4.39 Å². The van der Waals surface area contributed by atoms with Gasteiger partial charge in [-0.3, -0.25) is 9.88 Å². The van der Waals surface area contributed by atoms with Gasteiger partial charge in [-0.1, -0.05) is 11.6 Å². The van der Waals surface area contributed by atoms with Gasteiger partial charge in [0.15, 0.2) is 11.6 Å². The third-order valence-corrected chi connectivity index (χ3v) is 8.68. The highest BCUT2D eigenvalue weighted by atomic mass is 35.5. The quantitative estimate of drug-likeness (QED) is 0.232. The van der Waals surface area contributed by atoms with Gasteiger partial charge < -0.3 is 25.8 Å². The number of alkyl halides is 5. The smallest absolute Gasteiger partial charge is 0.418 e. The molecule has 2 aliphatic rings. The molecule has 17 heteroatoms. The van der Waals surface area contributed by atoms with E-state index < -0.39 is 76.3 Å². The summed E-state index contributed by atoms with van der Waals surface area (Å²) in [6.45, 7) is 2.32. The van der Waals surface area contributed by atoms with Gasteiger partial charge in [-0.2, -0.15) is 23.1 Å². The Labute approximate surface area is 269 Å². The third-order valence-electron chi connectivity index (χ3n) is 8.32. The summed E-state index contributed by atoms with van der Waals surface area (Å²) in [5.41, 5.74) is 9.23. The van der Waals surface area contributed by atoms with E-state index in [0.29, 0.717) is 11.3 Å². The number of rotatable bonds is 6. The number of aryl methyl sites for hydroxylation is 1. The van der Waals surface area contributed by atoms with Crippen LogP contribution in [0.25, 0.3) is 22.2 Å². The molecule has 2 atom stereocenters. The molecular weight excluding hydrogens is 654 g/mol. The number of anilines is 3. The van der Waals surface area contributed by atoms with E-state index in [1.165, 1.54) is 25.1 Å². The normalized spacial score (nSPS) is 18.7. The molecular formula is C30H29ClF6N8O2. The van der Waals surface area contributed by atoms with E-state index in [9.17, 15) is 22.0 Å². The molecule has 0 spiro atoms. The summed E-state index contributed by atoms with van der Waals surface area (Å²) in [6.07, 6.45) is -2.39. The lowest BCUT2D eigenvalue weighted by Crippen LogP contribution is -2.32. The first-order valence-corrected chi connectivity index (χ1v) is 14.8. The topological polar surface area (TPSA) is 129 Å². The number of likely N-dealkylation sites (tertiary alicyclic amines) is 1. The second kappa shape index (κ2) is 11.7. The number of nitrogens with two attached hydrogens (primary N) is 2. The molecule has 250 valence electrons. The molecule has 4 N–H and O–H groups in total. The van der Waals surface area contributed by atoms with E-state index in [2.05, 4.69) is 19.9 Å². The zero-order valence-corrected chi connectivity index (χ0v) is 26.1. The molecule has 1 fully saturated rings. The number of halogens is 7. The number of hydrogen-bond donors (Lipinski definition) is 2. The Morgan fingerprint density at radius 3 is 2.57 bits per heavy atom. The Morgan fingerprint density at radius 2 is 1.91 bits per heavy atom. The number of hydrogen-bond acceptors (Lipinski definition) is 10. The number of aromatic nitrogens is 4. The van der Waals surface area contributed by atoms with Gasteiger partial charge in [0.2, 0.25) is 0 Å². The van der Waals surface area contributed by atoms with Crippen molar-refractivity contribution in [2.45, 2.75) is 44.5 Å². The summed E-state index contributed by atoms with van der Waals surface area (Å²) in [5, 5.41) is -0.532. The van der Waals surface area contributed by atoms with Crippen LogP contribution in [0.3, 0.4) is 0 Å². The molecule has 6 rings (SSSR count). The molecule has 0 saturated carbocycles. The fourth-order valence-electron chi connectivity index (χ4n) is 6.12. The molecule has 0 radical (unpaired) electrons. The number of benzene rings is 1. The molecule has 2 aliphatic heterocycles. The Bertz CT molecular complexity index is 1880. The first-order valence-electron chi connectivity index (χ1n) is 14.4. The lowest BCUT2D eigenvalue weighted by Gasteiger charge is -2.30. The summed E-state index contributed by atoms with van der Waals surface area (Å²) in [4.78, 5) is 19.9. The maximum atomic E-state index is 16.8. The van der Waals surface area contributed by atoms with Crippen LogP contribution < -0.4 is 25.8 Å². The summed E-state index contributed by atoms with van der Waals surface area (Å²) < 4.78 is 99.8. The maximum Gasteiger partial charge on any atom is 0.418 e. The second-order valence-electron chi connectivity index (χ2n) is 11.7. The Morgan fingerprint density at radius 1 is 1.17 bits per heavy atom. The van der Waals surface area contributed by atoms with E-state index in [4.69, 9.17) is 32.5 Å². The fraction of sp³-hybridized carbons (Fsp3) is 0.400. The molecule has 5 heterocycles. The van der Waals surface area contributed by atoms with Crippen LogP contribution in [0.5, 0.6) is 11.8 Å². The second-order valence-corrected chi connectivity index (χ2v) is 12.1. The van der Waals surface area contributed by atoms with Crippen LogP contribution in [-0.2, 0) is 6.18 Å². The van der Waals surface area contributed by atoms with Gasteiger partial charge in [-0.15, -0.1) is 0 Å². The molecule has 1 saturated heterocycles. The molecule has 4 aromatic rings. The van der Waals surface area contributed by atoms with Crippen LogP contribution in [-0.4, -0.2) is 70.2 Å². The molecule has 0 unspecified atom stereocenters. The van der Waals surface area contributed by atoms with Crippen LogP contribution in [0.15, 0.2) is 24.5 Å². The Kier molecular flexibility index (Phi) is 8.15. The number of pyridine rings is 2. The molecule has 47 heavy (non-hydrogen) atoms. The molecule has 0 bridgehead atoms. The van der Waals surface area contributed by atoms with Crippen molar-refractivity contribution >= 4 is 39.8 Å². The number of likely N-dealkylation sites (N-methyl/N-ethyl adjacent to an activating group) is 1. The largest absolute Gasteiger partial charge is 0.489 e. The average Bonchev–Trinajstić information content (AvgIpc) is 3.11. The van der Waals surface area contributed by atoms with Gasteiger partial charge in [-0.25, -0.2) is 18.2 Å². The molecule has 3 aromatic heterocycles. The predicted molar refractivity (Wildman–Crippen MR) is 163 cm³/mol. The van der Waals surface area contributed by atoms with Crippen molar-refractivity contribution in [1.29, 1.82) is 0 Å². The van der Waals surface area contributed by atoms with Crippen LogP contribution in [0.1, 0.15) is 36.1 Å².